The van der Waals surface area contributed by atoms with E-state index in [1.807, 2.05) is 0 Å². The zero-order valence-corrected chi connectivity index (χ0v) is 17.8. The van der Waals surface area contributed by atoms with E-state index in [-0.39, 0.29) is 24.0 Å². The van der Waals surface area contributed by atoms with Gasteiger partial charge in [0.15, 0.2) is 5.96 Å². The van der Waals surface area contributed by atoms with E-state index in [0.717, 1.165) is 71.4 Å². The summed E-state index contributed by atoms with van der Waals surface area (Å²) in [5, 5.41) is 6.84. The second-order valence-electron chi connectivity index (χ2n) is 6.38. The number of guanidine groups is 1. The van der Waals surface area contributed by atoms with Gasteiger partial charge in [0.2, 0.25) is 0 Å². The highest BCUT2D eigenvalue weighted by molar-refractivity contribution is 14.0. The molecule has 0 aromatic carbocycles. The zero-order chi connectivity index (χ0) is 16.3. The van der Waals surface area contributed by atoms with Crippen LogP contribution in [0.4, 0.5) is 0 Å². The molecule has 0 spiro atoms. The van der Waals surface area contributed by atoms with Crippen molar-refractivity contribution in [1.29, 1.82) is 0 Å². The smallest absolute Gasteiger partial charge is 0.191 e. The lowest BCUT2D eigenvalue weighted by Gasteiger charge is -2.26. The van der Waals surface area contributed by atoms with Crippen molar-refractivity contribution in [2.24, 2.45) is 4.99 Å². The lowest BCUT2D eigenvalue weighted by Crippen LogP contribution is -2.41. The summed E-state index contributed by atoms with van der Waals surface area (Å²) < 4.78 is 5.38. The summed E-state index contributed by atoms with van der Waals surface area (Å²) in [7, 11) is 0. The summed E-state index contributed by atoms with van der Waals surface area (Å²) in [6.07, 6.45) is 3.75. The Morgan fingerprint density at radius 2 is 1.96 bits per heavy atom. The van der Waals surface area contributed by atoms with Crippen LogP contribution in [0, 0.1) is 0 Å². The molecule has 142 valence electrons. The molecule has 0 aromatic heterocycles. The Morgan fingerprint density at radius 1 is 1.17 bits per heavy atom. The Hall–Kier alpha value is -0.120. The first-order valence-corrected chi connectivity index (χ1v) is 9.39. The van der Waals surface area contributed by atoms with Crippen LogP contribution in [0.15, 0.2) is 4.99 Å². The predicted octanol–water partition coefficient (Wildman–Crippen LogP) is 1.37. The number of hydrogen-bond acceptors (Lipinski definition) is 4. The number of nitrogens with one attached hydrogen (secondary N) is 2. The number of aliphatic imine (C=N–C) groups is 1. The number of morpholine rings is 1. The van der Waals surface area contributed by atoms with Gasteiger partial charge in [-0.15, -0.1) is 24.0 Å². The molecule has 0 amide bonds. The van der Waals surface area contributed by atoms with Crippen LogP contribution >= 0.6 is 24.0 Å². The molecule has 2 fully saturated rings. The quantitative estimate of drug-likeness (QED) is 0.252. The van der Waals surface area contributed by atoms with Crippen molar-refractivity contribution in [1.82, 2.24) is 20.4 Å². The van der Waals surface area contributed by atoms with Gasteiger partial charge in [-0.3, -0.25) is 14.8 Å². The molecule has 0 radical (unpaired) electrons. The molecule has 0 saturated carbocycles. The van der Waals surface area contributed by atoms with Gasteiger partial charge in [-0.05, 0) is 45.8 Å². The van der Waals surface area contributed by atoms with E-state index in [9.17, 15) is 0 Å². The third-order valence-corrected chi connectivity index (χ3v) is 4.76. The molecule has 0 bridgehead atoms. The zero-order valence-electron chi connectivity index (χ0n) is 15.4. The highest BCUT2D eigenvalue weighted by atomic mass is 127. The van der Waals surface area contributed by atoms with Crippen LogP contribution in [-0.2, 0) is 4.74 Å². The van der Waals surface area contributed by atoms with E-state index < -0.39 is 0 Å². The van der Waals surface area contributed by atoms with Crippen molar-refractivity contribution >= 4 is 29.9 Å². The Kier molecular flexibility index (Phi) is 12.0. The molecule has 2 aliphatic rings. The normalized spacial score (nSPS) is 23.1. The molecular formula is C17H36IN5O. The molecule has 1 atom stereocenters. The molecule has 2 saturated heterocycles. The number of likely N-dealkylation sites (tertiary alicyclic amines) is 1. The SMILES string of the molecule is CCNC(=NCC1CCCN1CC)NCCCN1CCOCC1.I. The minimum Gasteiger partial charge on any atom is -0.379 e. The van der Waals surface area contributed by atoms with E-state index in [1.54, 1.807) is 0 Å². The van der Waals surface area contributed by atoms with E-state index in [4.69, 9.17) is 9.73 Å². The largest absolute Gasteiger partial charge is 0.379 e. The number of ether oxygens (including phenoxy) is 1. The fraction of sp³-hybridized carbons (Fsp3) is 0.941. The van der Waals surface area contributed by atoms with Gasteiger partial charge in [-0.1, -0.05) is 6.92 Å². The maximum absolute atomic E-state index is 5.38. The first-order valence-electron chi connectivity index (χ1n) is 9.39. The summed E-state index contributed by atoms with van der Waals surface area (Å²) in [6, 6.07) is 0.629. The second-order valence-corrected chi connectivity index (χ2v) is 6.38. The van der Waals surface area contributed by atoms with Gasteiger partial charge in [-0.25, -0.2) is 0 Å². The monoisotopic (exact) mass is 453 g/mol. The van der Waals surface area contributed by atoms with Gasteiger partial charge >= 0.3 is 0 Å². The molecule has 0 aromatic rings. The molecule has 1 unspecified atom stereocenters. The highest BCUT2D eigenvalue weighted by Gasteiger charge is 2.22. The Balaban J connectivity index is 0.00000288. The van der Waals surface area contributed by atoms with Crippen LogP contribution in [0.1, 0.15) is 33.1 Å². The van der Waals surface area contributed by atoms with E-state index in [0.29, 0.717) is 6.04 Å². The van der Waals surface area contributed by atoms with Crippen molar-refractivity contribution in [2.75, 3.05) is 65.6 Å². The van der Waals surface area contributed by atoms with Crippen molar-refractivity contribution in [3.63, 3.8) is 0 Å². The van der Waals surface area contributed by atoms with Crippen LogP contribution in [0.2, 0.25) is 0 Å². The maximum atomic E-state index is 5.38. The van der Waals surface area contributed by atoms with E-state index >= 15 is 0 Å². The third-order valence-electron chi connectivity index (χ3n) is 4.76. The molecule has 0 aliphatic carbocycles. The van der Waals surface area contributed by atoms with Crippen LogP contribution in [-0.4, -0.2) is 87.4 Å². The van der Waals surface area contributed by atoms with Gasteiger partial charge in [0, 0.05) is 32.2 Å². The lowest BCUT2D eigenvalue weighted by molar-refractivity contribution is 0.0376. The summed E-state index contributed by atoms with van der Waals surface area (Å²) >= 11 is 0. The van der Waals surface area contributed by atoms with Gasteiger partial charge in [0.05, 0.1) is 19.8 Å². The lowest BCUT2D eigenvalue weighted by atomic mass is 10.2. The van der Waals surface area contributed by atoms with Gasteiger partial charge in [0.1, 0.15) is 0 Å². The van der Waals surface area contributed by atoms with Crippen molar-refractivity contribution in [3.05, 3.63) is 0 Å². The van der Waals surface area contributed by atoms with Crippen molar-refractivity contribution in [3.8, 4) is 0 Å². The summed E-state index contributed by atoms with van der Waals surface area (Å²) in [5.41, 5.74) is 0. The van der Waals surface area contributed by atoms with Gasteiger partial charge < -0.3 is 15.4 Å². The summed E-state index contributed by atoms with van der Waals surface area (Å²) in [6.45, 7) is 14.6. The van der Waals surface area contributed by atoms with Crippen LogP contribution in [0.5, 0.6) is 0 Å². The first kappa shape index (κ1) is 21.9. The highest BCUT2D eigenvalue weighted by Crippen LogP contribution is 2.16. The number of likely N-dealkylation sites (N-methyl/N-ethyl adjacent to an activating group) is 1. The number of rotatable bonds is 8. The molecule has 2 N–H and O–H groups in total. The predicted molar refractivity (Wildman–Crippen MR) is 112 cm³/mol. The molecular weight excluding hydrogens is 417 g/mol. The second kappa shape index (κ2) is 13.1. The third kappa shape index (κ3) is 7.84. The van der Waals surface area contributed by atoms with Gasteiger partial charge in [-0.2, -0.15) is 0 Å². The fourth-order valence-electron chi connectivity index (χ4n) is 3.39. The minimum absolute atomic E-state index is 0. The number of nitrogens with zero attached hydrogens (tertiary/aromatic N) is 3. The van der Waals surface area contributed by atoms with Crippen LogP contribution in [0.3, 0.4) is 0 Å². The minimum atomic E-state index is 0. The van der Waals surface area contributed by atoms with Crippen molar-refractivity contribution in [2.45, 2.75) is 39.2 Å². The van der Waals surface area contributed by atoms with Gasteiger partial charge in [0.25, 0.3) is 0 Å². The molecule has 2 aliphatic heterocycles. The van der Waals surface area contributed by atoms with Crippen LogP contribution in [0.25, 0.3) is 0 Å². The number of hydrogen-bond donors (Lipinski definition) is 2. The fourth-order valence-corrected chi connectivity index (χ4v) is 3.39. The number of halogens is 1. The standard InChI is InChI=1S/C17H35N5O.HI/c1-3-18-17(20-15-16-7-5-10-22(16)4-2)19-8-6-9-21-11-13-23-14-12-21;/h16H,3-15H2,1-2H3,(H2,18,19,20);1H. The molecule has 2 heterocycles. The Morgan fingerprint density at radius 3 is 2.67 bits per heavy atom. The van der Waals surface area contributed by atoms with E-state index in [1.165, 1.54) is 19.4 Å². The first-order chi connectivity index (χ1) is 11.3. The van der Waals surface area contributed by atoms with Crippen LogP contribution < -0.4 is 10.6 Å². The molecule has 24 heavy (non-hydrogen) atoms. The maximum Gasteiger partial charge on any atom is 0.191 e. The Bertz CT molecular complexity index is 350. The summed E-state index contributed by atoms with van der Waals surface area (Å²) in [5.74, 6) is 0.970. The summed E-state index contributed by atoms with van der Waals surface area (Å²) in [4.78, 5) is 9.82. The topological polar surface area (TPSA) is 52.1 Å². The molecule has 6 nitrogen and oxygen atoms in total. The average Bonchev–Trinajstić information content (AvgIpc) is 3.05. The Labute approximate surface area is 164 Å². The van der Waals surface area contributed by atoms with Crippen molar-refractivity contribution < 1.29 is 4.74 Å². The molecule has 2 rings (SSSR count). The van der Waals surface area contributed by atoms with E-state index in [2.05, 4.69) is 34.3 Å². The molecule has 7 heteroatoms. The average molecular weight is 453 g/mol.